The molecule has 0 bridgehead atoms. The lowest BCUT2D eigenvalue weighted by Gasteiger charge is -2.30. The van der Waals surface area contributed by atoms with Gasteiger partial charge in [-0.2, -0.15) is 0 Å². The first-order valence-electron chi connectivity index (χ1n) is 11.9. The fourth-order valence-electron chi connectivity index (χ4n) is 4.63. The van der Waals surface area contributed by atoms with E-state index in [2.05, 4.69) is 10.3 Å². The first-order chi connectivity index (χ1) is 18.1. The monoisotopic (exact) mass is 555 g/mol. The van der Waals surface area contributed by atoms with Crippen LogP contribution < -0.4 is 15.4 Å². The van der Waals surface area contributed by atoms with Gasteiger partial charge in [0.15, 0.2) is 0 Å². The van der Waals surface area contributed by atoms with Gasteiger partial charge in [0.05, 0.1) is 10.6 Å². The molecule has 0 spiro atoms. The summed E-state index contributed by atoms with van der Waals surface area (Å²) in [6.07, 6.45) is 4.31. The number of hydrogen-bond donors (Lipinski definition) is 2. The lowest BCUT2D eigenvalue weighted by molar-refractivity contribution is 0.586. The lowest BCUT2D eigenvalue weighted by Crippen LogP contribution is -2.26. The predicted molar refractivity (Wildman–Crippen MR) is 143 cm³/mol. The minimum Gasteiger partial charge on any atom is -0.326 e. The van der Waals surface area contributed by atoms with Crippen LogP contribution in [0.25, 0.3) is 11.3 Å². The molecule has 1 aliphatic rings. The molecule has 198 valence electrons. The van der Waals surface area contributed by atoms with Gasteiger partial charge in [0.2, 0.25) is 10.0 Å². The number of aryl methyl sites for hydroxylation is 1. The van der Waals surface area contributed by atoms with Gasteiger partial charge < -0.3 is 10.2 Å². The van der Waals surface area contributed by atoms with Gasteiger partial charge in [-0.1, -0.05) is 18.2 Å². The Bertz CT molecular complexity index is 1720. The van der Waals surface area contributed by atoms with Crippen molar-refractivity contribution in [2.45, 2.75) is 29.2 Å². The molecule has 0 aliphatic carbocycles. The Labute approximate surface area is 220 Å². The molecule has 38 heavy (non-hydrogen) atoms. The van der Waals surface area contributed by atoms with Gasteiger partial charge in [0.25, 0.3) is 10.0 Å². The molecular formula is C26H26FN5O4S2. The van der Waals surface area contributed by atoms with Crippen molar-refractivity contribution in [1.29, 1.82) is 0 Å². The molecule has 1 aliphatic heterocycles. The number of aromatic nitrogens is 2. The van der Waals surface area contributed by atoms with Crippen LogP contribution in [0, 0.1) is 5.82 Å². The molecule has 0 unspecified atom stereocenters. The first kappa shape index (κ1) is 26.0. The zero-order valence-corrected chi connectivity index (χ0v) is 22.1. The zero-order valence-electron chi connectivity index (χ0n) is 20.5. The summed E-state index contributed by atoms with van der Waals surface area (Å²) in [5, 5.41) is 8.30. The summed E-state index contributed by atoms with van der Waals surface area (Å²) < 4.78 is 66.9. The Morgan fingerprint density at radius 3 is 2.47 bits per heavy atom. The maximum atomic E-state index is 14.6. The van der Waals surface area contributed by atoms with E-state index in [0.717, 1.165) is 22.4 Å². The molecular weight excluding hydrogens is 529 g/mol. The number of pyridine rings is 1. The van der Waals surface area contributed by atoms with Gasteiger partial charge in [0.1, 0.15) is 16.5 Å². The highest BCUT2D eigenvalue weighted by Crippen LogP contribution is 2.35. The summed E-state index contributed by atoms with van der Waals surface area (Å²) in [7, 11) is -6.27. The van der Waals surface area contributed by atoms with Crippen LogP contribution in [0.2, 0.25) is 0 Å². The number of nitrogens with one attached hydrogen (secondary N) is 1. The third-order valence-electron chi connectivity index (χ3n) is 6.43. The van der Waals surface area contributed by atoms with Crippen LogP contribution in [0.3, 0.4) is 0 Å². The maximum Gasteiger partial charge on any atom is 0.269 e. The quantitative estimate of drug-likeness (QED) is 0.358. The Morgan fingerprint density at radius 1 is 1.03 bits per heavy atom. The van der Waals surface area contributed by atoms with Gasteiger partial charge in [-0.15, -0.1) is 0 Å². The lowest BCUT2D eigenvalue weighted by atomic mass is 10.0. The second kappa shape index (κ2) is 9.95. The van der Waals surface area contributed by atoms with Gasteiger partial charge in [-0.05, 0) is 73.5 Å². The van der Waals surface area contributed by atoms with Crippen molar-refractivity contribution in [3.8, 4) is 11.3 Å². The van der Waals surface area contributed by atoms with Gasteiger partial charge in [-0.3, -0.25) is 0 Å². The molecule has 5 rings (SSSR count). The molecule has 2 aromatic heterocycles. The summed E-state index contributed by atoms with van der Waals surface area (Å²) in [6, 6.07) is 15.4. The van der Waals surface area contributed by atoms with Crippen molar-refractivity contribution < 1.29 is 21.2 Å². The van der Waals surface area contributed by atoms with Gasteiger partial charge in [-0.25, -0.2) is 35.3 Å². The van der Waals surface area contributed by atoms with E-state index in [1.54, 1.807) is 37.4 Å². The van der Waals surface area contributed by atoms with Crippen molar-refractivity contribution in [2.75, 3.05) is 18.5 Å². The largest absolute Gasteiger partial charge is 0.326 e. The first-order valence-corrected chi connectivity index (χ1v) is 14.8. The number of rotatable bonds is 7. The van der Waals surface area contributed by atoms with E-state index >= 15 is 0 Å². The van der Waals surface area contributed by atoms with Crippen LogP contribution in [0.5, 0.6) is 0 Å². The average molecular weight is 556 g/mol. The molecule has 3 N–H and O–H groups in total. The maximum absolute atomic E-state index is 14.6. The summed E-state index contributed by atoms with van der Waals surface area (Å²) >= 11 is 0. The zero-order chi connectivity index (χ0) is 27.1. The fraction of sp³-hybridized carbons (Fsp3) is 0.192. The Morgan fingerprint density at radius 2 is 1.79 bits per heavy atom. The van der Waals surface area contributed by atoms with Crippen LogP contribution in [0.15, 0.2) is 82.8 Å². The minimum atomic E-state index is -4.12. The van der Waals surface area contributed by atoms with E-state index in [4.69, 9.17) is 5.14 Å². The number of benzene rings is 2. The number of sulfonamides is 1. The highest BCUT2D eigenvalue weighted by atomic mass is 32.2. The molecule has 0 radical (unpaired) electrons. The van der Waals surface area contributed by atoms with E-state index in [0.29, 0.717) is 30.2 Å². The number of halogens is 1. The Balaban J connectivity index is 1.54. The number of anilines is 2. The third kappa shape index (κ3) is 4.83. The minimum absolute atomic E-state index is 0.00648. The molecule has 0 amide bonds. The van der Waals surface area contributed by atoms with Gasteiger partial charge >= 0.3 is 0 Å². The summed E-state index contributed by atoms with van der Waals surface area (Å²) in [5.74, 6) is -0.0664. The number of fused-ring (bicyclic) bond motifs is 1. The van der Waals surface area contributed by atoms with E-state index in [-0.39, 0.29) is 21.0 Å². The normalized spacial score (nSPS) is 13.9. The summed E-state index contributed by atoms with van der Waals surface area (Å²) in [4.78, 5) is 6.18. The predicted octanol–water partition coefficient (Wildman–Crippen LogP) is 3.38. The molecule has 0 saturated heterocycles. The van der Waals surface area contributed by atoms with Crippen molar-refractivity contribution in [1.82, 2.24) is 14.3 Å². The molecule has 0 fully saturated rings. The molecule has 12 heteroatoms. The molecule has 0 saturated carbocycles. The van der Waals surface area contributed by atoms with E-state index in [1.165, 1.54) is 42.7 Å². The molecule has 4 aromatic rings. The topological polar surface area (TPSA) is 127 Å². The van der Waals surface area contributed by atoms with E-state index in [1.807, 2.05) is 4.90 Å². The second-order valence-corrected chi connectivity index (χ2v) is 12.4. The fourth-order valence-corrected chi connectivity index (χ4v) is 6.50. The summed E-state index contributed by atoms with van der Waals surface area (Å²) in [6.45, 7) is 0.971. The summed E-state index contributed by atoms with van der Waals surface area (Å²) in [5.41, 5.74) is 2.65. The second-order valence-electron chi connectivity index (χ2n) is 8.99. The smallest absolute Gasteiger partial charge is 0.269 e. The Kier molecular flexibility index (Phi) is 6.82. The van der Waals surface area contributed by atoms with Crippen LogP contribution in [-0.2, 0) is 33.0 Å². The van der Waals surface area contributed by atoms with Crippen molar-refractivity contribution in [3.05, 3.63) is 90.0 Å². The molecule has 0 atom stereocenters. The van der Waals surface area contributed by atoms with E-state index in [9.17, 15) is 21.2 Å². The SMILES string of the molecule is CNCc1cc(-c2ccccc2F)n(S(=O)(=O)c2ccc(N3CCCc4ccc(S(N)(=O)=O)cc43)nc2)c1. The number of nitrogens with zero attached hydrogens (tertiary/aromatic N) is 3. The number of primary sulfonamides is 1. The van der Waals surface area contributed by atoms with E-state index < -0.39 is 25.9 Å². The highest BCUT2D eigenvalue weighted by Gasteiger charge is 2.26. The molecule has 2 aromatic carbocycles. The van der Waals surface area contributed by atoms with Gasteiger partial charge in [0, 0.05) is 36.7 Å². The highest BCUT2D eigenvalue weighted by molar-refractivity contribution is 7.90. The van der Waals surface area contributed by atoms with Crippen LogP contribution in [0.1, 0.15) is 17.5 Å². The van der Waals surface area contributed by atoms with Crippen molar-refractivity contribution in [3.63, 3.8) is 0 Å². The van der Waals surface area contributed by atoms with Crippen LogP contribution in [0.4, 0.5) is 15.9 Å². The standard InChI is InChI=1S/C26H26FN5O4S2/c1-29-15-18-13-25(22-6-2-3-7-23(22)27)32(17-18)38(35,36)21-10-11-26(30-16-21)31-12-4-5-19-8-9-20(14-24(19)31)37(28,33)34/h2-3,6-11,13-14,16-17,29H,4-5,12,15H2,1H3,(H2,28,33,34). The number of hydrogen-bond acceptors (Lipinski definition) is 7. The molecule has 9 nitrogen and oxygen atoms in total. The average Bonchev–Trinajstić information content (AvgIpc) is 3.32. The van der Waals surface area contributed by atoms with Crippen LogP contribution in [-0.4, -0.2) is 39.4 Å². The van der Waals surface area contributed by atoms with Crippen LogP contribution >= 0.6 is 0 Å². The Hall–Kier alpha value is -3.58. The third-order valence-corrected chi connectivity index (χ3v) is 9.00. The number of nitrogens with two attached hydrogens (primary N) is 1. The van der Waals surface area contributed by atoms with Crippen molar-refractivity contribution >= 4 is 31.6 Å². The van der Waals surface area contributed by atoms with Crippen molar-refractivity contribution in [2.24, 2.45) is 5.14 Å². The molecule has 3 heterocycles.